The molecule has 0 fully saturated rings. The third kappa shape index (κ3) is 3.05. The monoisotopic (exact) mass is 258 g/mol. The smallest absolute Gasteiger partial charge is 0.306 e. The van der Waals surface area contributed by atoms with Gasteiger partial charge in [0.25, 0.3) is 0 Å². The lowest BCUT2D eigenvalue weighted by molar-refractivity contribution is -0.148. The summed E-state index contributed by atoms with van der Waals surface area (Å²) >= 11 is 0. The minimum Gasteiger partial charge on any atom is -0.497 e. The van der Waals surface area contributed by atoms with Crippen molar-refractivity contribution in [2.24, 2.45) is 0 Å². The summed E-state index contributed by atoms with van der Waals surface area (Å²) in [6.07, 6.45) is 0.175. The highest BCUT2D eigenvalue weighted by atomic mass is 16.5. The van der Waals surface area contributed by atoms with Crippen molar-refractivity contribution in [1.29, 1.82) is 0 Å². The van der Waals surface area contributed by atoms with E-state index in [0.717, 1.165) is 22.1 Å². The van der Waals surface area contributed by atoms with E-state index in [2.05, 4.69) is 0 Å². The van der Waals surface area contributed by atoms with Gasteiger partial charge in [0.05, 0.1) is 7.11 Å². The highest BCUT2D eigenvalue weighted by Gasteiger charge is 2.10. The summed E-state index contributed by atoms with van der Waals surface area (Å²) in [5.41, 5.74) is 1.000. The maximum atomic E-state index is 11.3. The van der Waals surface area contributed by atoms with Crippen LogP contribution in [-0.4, -0.2) is 13.1 Å². The average molecular weight is 258 g/mol. The van der Waals surface area contributed by atoms with Crippen molar-refractivity contribution in [3.63, 3.8) is 0 Å². The highest BCUT2D eigenvalue weighted by molar-refractivity contribution is 5.84. The van der Waals surface area contributed by atoms with Gasteiger partial charge >= 0.3 is 5.97 Å². The molecule has 2 rings (SSSR count). The van der Waals surface area contributed by atoms with Crippen molar-refractivity contribution >= 4 is 16.7 Å². The Kier molecular flexibility index (Phi) is 4.05. The molecule has 0 aliphatic heterocycles. The summed E-state index contributed by atoms with van der Waals surface area (Å²) in [5, 5.41) is 2.22. The van der Waals surface area contributed by atoms with Crippen molar-refractivity contribution in [2.45, 2.75) is 26.4 Å². The van der Waals surface area contributed by atoms with Crippen molar-refractivity contribution in [2.75, 3.05) is 7.11 Å². The molecule has 3 nitrogen and oxygen atoms in total. The minimum atomic E-state index is -0.223. The molecule has 0 N–H and O–H groups in total. The molecule has 0 spiro atoms. The average Bonchev–Trinajstić information content (AvgIpc) is 2.45. The van der Waals surface area contributed by atoms with E-state index in [1.54, 1.807) is 14.0 Å². The van der Waals surface area contributed by atoms with Gasteiger partial charge < -0.3 is 9.47 Å². The number of hydrogen-bond acceptors (Lipinski definition) is 3. The van der Waals surface area contributed by atoms with E-state index in [9.17, 15) is 4.79 Å². The lowest BCUT2D eigenvalue weighted by Crippen LogP contribution is -2.07. The summed E-state index contributed by atoms with van der Waals surface area (Å²) in [7, 11) is 1.65. The van der Waals surface area contributed by atoms with Gasteiger partial charge in [0.2, 0.25) is 0 Å². The van der Waals surface area contributed by atoms with Crippen LogP contribution in [0.15, 0.2) is 36.4 Å². The summed E-state index contributed by atoms with van der Waals surface area (Å²) in [6, 6.07) is 12.0. The number of hydrogen-bond donors (Lipinski definition) is 0. The fraction of sp³-hybridized carbons (Fsp3) is 0.312. The first-order chi connectivity index (χ1) is 9.13. The summed E-state index contributed by atoms with van der Waals surface area (Å²) in [4.78, 5) is 11.3. The second kappa shape index (κ2) is 5.74. The van der Waals surface area contributed by atoms with Crippen LogP contribution in [0.1, 0.15) is 31.9 Å². The number of ether oxygens (including phenoxy) is 2. The molecule has 0 amide bonds. The van der Waals surface area contributed by atoms with E-state index in [0.29, 0.717) is 6.42 Å². The minimum absolute atomic E-state index is 0.178. The van der Waals surface area contributed by atoms with Gasteiger partial charge in [-0.15, -0.1) is 0 Å². The number of methoxy groups -OCH3 is 1. The zero-order valence-corrected chi connectivity index (χ0v) is 11.5. The number of carbonyl (C=O) groups is 1. The number of carbonyl (C=O) groups excluding carboxylic acids is 1. The van der Waals surface area contributed by atoms with Crippen LogP contribution in [-0.2, 0) is 9.53 Å². The maximum Gasteiger partial charge on any atom is 0.306 e. The molecule has 0 bridgehead atoms. The Balaban J connectivity index is 2.28. The van der Waals surface area contributed by atoms with Crippen molar-refractivity contribution < 1.29 is 14.3 Å². The molecule has 0 aliphatic rings. The first-order valence-electron chi connectivity index (χ1n) is 6.41. The molecule has 2 aromatic carbocycles. The molecule has 1 atom stereocenters. The predicted octanol–water partition coefficient (Wildman–Crippen LogP) is 3.86. The van der Waals surface area contributed by atoms with E-state index < -0.39 is 0 Å². The van der Waals surface area contributed by atoms with E-state index in [1.807, 2.05) is 43.3 Å². The molecule has 0 radical (unpaired) electrons. The van der Waals surface area contributed by atoms with Gasteiger partial charge in [-0.25, -0.2) is 0 Å². The zero-order valence-electron chi connectivity index (χ0n) is 11.5. The molecule has 2 aromatic rings. The molecule has 0 saturated carbocycles. The fourth-order valence-corrected chi connectivity index (χ4v) is 1.97. The standard InChI is InChI=1S/C16H18O3/c1-4-16(17)19-11(2)12-5-6-14-10-15(18-3)8-7-13(14)9-12/h5-11H,4H2,1-3H3/t11-/m1/s1. The van der Waals surface area contributed by atoms with E-state index in [-0.39, 0.29) is 12.1 Å². The zero-order chi connectivity index (χ0) is 13.8. The summed E-state index contributed by atoms with van der Waals surface area (Å²) in [5.74, 6) is 0.660. The Bertz CT molecular complexity index is 590. The van der Waals surface area contributed by atoms with Gasteiger partial charge in [-0.05, 0) is 41.5 Å². The van der Waals surface area contributed by atoms with Crippen molar-refractivity contribution in [3.8, 4) is 5.75 Å². The van der Waals surface area contributed by atoms with Crippen molar-refractivity contribution in [1.82, 2.24) is 0 Å². The highest BCUT2D eigenvalue weighted by Crippen LogP contribution is 2.25. The van der Waals surface area contributed by atoms with E-state index >= 15 is 0 Å². The van der Waals surface area contributed by atoms with Crippen molar-refractivity contribution in [3.05, 3.63) is 42.0 Å². The van der Waals surface area contributed by atoms with E-state index in [4.69, 9.17) is 9.47 Å². The Hall–Kier alpha value is -2.03. The van der Waals surface area contributed by atoms with Gasteiger partial charge in [-0.1, -0.05) is 25.1 Å². The summed E-state index contributed by atoms with van der Waals surface area (Å²) in [6.45, 7) is 3.68. The fourth-order valence-electron chi connectivity index (χ4n) is 1.97. The van der Waals surface area contributed by atoms with Gasteiger partial charge in [-0.2, -0.15) is 0 Å². The third-order valence-corrected chi connectivity index (χ3v) is 3.14. The molecule has 0 saturated heterocycles. The molecule has 0 heterocycles. The SMILES string of the molecule is CCC(=O)O[C@H](C)c1ccc2cc(OC)ccc2c1. The van der Waals surface area contributed by atoms with Crippen LogP contribution in [0, 0.1) is 0 Å². The van der Waals surface area contributed by atoms with Gasteiger partial charge in [-0.3, -0.25) is 4.79 Å². The van der Waals surface area contributed by atoms with Gasteiger partial charge in [0, 0.05) is 6.42 Å². The van der Waals surface area contributed by atoms with Gasteiger partial charge in [0.1, 0.15) is 11.9 Å². The largest absolute Gasteiger partial charge is 0.497 e. The summed E-state index contributed by atoms with van der Waals surface area (Å²) < 4.78 is 10.5. The molecule has 3 heteroatoms. The maximum absolute atomic E-state index is 11.3. The molecule has 0 unspecified atom stereocenters. The number of benzene rings is 2. The number of rotatable bonds is 4. The van der Waals surface area contributed by atoms with Crippen LogP contribution >= 0.6 is 0 Å². The Labute approximate surface area is 113 Å². The van der Waals surface area contributed by atoms with Crippen LogP contribution < -0.4 is 4.74 Å². The topological polar surface area (TPSA) is 35.5 Å². The van der Waals surface area contributed by atoms with Crippen LogP contribution in [0.4, 0.5) is 0 Å². The molecular weight excluding hydrogens is 240 g/mol. The lowest BCUT2D eigenvalue weighted by Gasteiger charge is -2.14. The predicted molar refractivity (Wildman–Crippen MR) is 75.3 cm³/mol. The molecule has 100 valence electrons. The van der Waals surface area contributed by atoms with Gasteiger partial charge in [0.15, 0.2) is 0 Å². The molecule has 19 heavy (non-hydrogen) atoms. The number of esters is 1. The molecule has 0 aromatic heterocycles. The first-order valence-corrected chi connectivity index (χ1v) is 6.41. The first kappa shape index (κ1) is 13.4. The van der Waals surface area contributed by atoms with Crippen LogP contribution in [0.3, 0.4) is 0 Å². The third-order valence-electron chi connectivity index (χ3n) is 3.14. The quantitative estimate of drug-likeness (QED) is 0.781. The van der Waals surface area contributed by atoms with E-state index in [1.165, 1.54) is 0 Å². The lowest BCUT2D eigenvalue weighted by atomic mass is 10.0. The normalized spacial score (nSPS) is 12.2. The second-order valence-electron chi connectivity index (χ2n) is 4.46. The number of fused-ring (bicyclic) bond motifs is 1. The van der Waals surface area contributed by atoms with Crippen LogP contribution in [0.5, 0.6) is 5.75 Å². The molecule has 0 aliphatic carbocycles. The second-order valence-corrected chi connectivity index (χ2v) is 4.46. The Morgan fingerprint density at radius 2 is 1.84 bits per heavy atom. The van der Waals surface area contributed by atoms with Crippen LogP contribution in [0.2, 0.25) is 0 Å². The Morgan fingerprint density at radius 3 is 2.53 bits per heavy atom. The molecular formula is C16H18O3. The van der Waals surface area contributed by atoms with Crippen LogP contribution in [0.25, 0.3) is 10.8 Å². The Morgan fingerprint density at radius 1 is 1.16 bits per heavy atom.